The number of amides is 1. The summed E-state index contributed by atoms with van der Waals surface area (Å²) in [4.78, 5) is 24.4. The molecule has 0 saturated heterocycles. The zero-order valence-electron chi connectivity index (χ0n) is 37.6. The minimum atomic E-state index is -0.677. The van der Waals surface area contributed by atoms with Crippen molar-refractivity contribution in [3.8, 4) is 0 Å². The molecule has 0 aliphatic carbocycles. The number of aliphatic hydroxyl groups is 2. The van der Waals surface area contributed by atoms with Gasteiger partial charge < -0.3 is 20.3 Å². The first kappa shape index (κ1) is 54.6. The van der Waals surface area contributed by atoms with Gasteiger partial charge in [0.25, 0.3) is 0 Å². The molecule has 0 aromatic heterocycles. The molecular formula is C50H97NO5. The maximum Gasteiger partial charge on any atom is 0.305 e. The summed E-state index contributed by atoms with van der Waals surface area (Å²) in [6.45, 7) is 4.88. The lowest BCUT2D eigenvalue weighted by atomic mass is 10.0. The van der Waals surface area contributed by atoms with Crippen LogP contribution in [0.1, 0.15) is 271 Å². The summed E-state index contributed by atoms with van der Waals surface area (Å²) < 4.78 is 5.45. The highest BCUT2D eigenvalue weighted by atomic mass is 16.5. The van der Waals surface area contributed by atoms with Gasteiger partial charge in [0.15, 0.2) is 0 Å². The smallest absolute Gasteiger partial charge is 0.305 e. The molecule has 0 bridgehead atoms. The van der Waals surface area contributed by atoms with Gasteiger partial charge in [-0.2, -0.15) is 0 Å². The maximum absolute atomic E-state index is 12.4. The first-order valence-corrected chi connectivity index (χ1v) is 24.9. The van der Waals surface area contributed by atoms with Crippen molar-refractivity contribution in [3.05, 3.63) is 12.2 Å². The van der Waals surface area contributed by atoms with E-state index in [0.717, 1.165) is 77.0 Å². The second-order valence-electron chi connectivity index (χ2n) is 17.1. The number of unbranched alkanes of at least 4 members (excludes halogenated alkanes) is 33. The van der Waals surface area contributed by atoms with Crippen molar-refractivity contribution < 1.29 is 24.5 Å². The minimum Gasteiger partial charge on any atom is -0.466 e. The van der Waals surface area contributed by atoms with Crippen LogP contribution in [-0.2, 0) is 14.3 Å². The Morgan fingerprint density at radius 3 is 1.27 bits per heavy atom. The average Bonchev–Trinajstić information content (AvgIpc) is 3.20. The molecule has 2 atom stereocenters. The minimum absolute atomic E-state index is 0.0191. The molecule has 0 rings (SSSR count). The van der Waals surface area contributed by atoms with Crippen LogP contribution in [0.2, 0.25) is 0 Å². The van der Waals surface area contributed by atoms with Crippen LogP contribution in [0.4, 0.5) is 0 Å². The maximum atomic E-state index is 12.4. The number of aliphatic hydroxyl groups excluding tert-OH is 2. The van der Waals surface area contributed by atoms with Gasteiger partial charge in [-0.25, -0.2) is 0 Å². The van der Waals surface area contributed by atoms with Crippen molar-refractivity contribution in [2.75, 3.05) is 13.2 Å². The van der Waals surface area contributed by atoms with E-state index in [2.05, 4.69) is 31.3 Å². The normalized spacial score (nSPS) is 12.7. The molecule has 0 aliphatic heterocycles. The molecule has 2 unspecified atom stereocenters. The van der Waals surface area contributed by atoms with E-state index in [-0.39, 0.29) is 18.5 Å². The number of rotatable bonds is 46. The van der Waals surface area contributed by atoms with Gasteiger partial charge in [0.05, 0.1) is 25.4 Å². The molecule has 0 aromatic carbocycles. The van der Waals surface area contributed by atoms with E-state index in [1.165, 1.54) is 161 Å². The fraction of sp³-hybridized carbons (Fsp3) is 0.920. The molecule has 332 valence electrons. The molecule has 1 amide bonds. The molecule has 0 fully saturated rings. The van der Waals surface area contributed by atoms with Gasteiger partial charge in [-0.3, -0.25) is 9.59 Å². The Balaban J connectivity index is 3.46. The highest BCUT2D eigenvalue weighted by Crippen LogP contribution is 2.16. The standard InChI is InChI=1S/C50H97NO5/c1-3-5-7-9-11-13-15-16-17-18-19-20-24-28-32-36-40-44-50(55)56-45-41-37-33-29-25-22-21-23-27-31-35-39-43-49(54)51-47(46-52)48(53)42-38-34-30-26-14-12-10-8-6-4-2/h22,25,47-48,52-53H,3-21,23-24,26-46H2,1-2H3,(H,51,54)/b25-22-. The zero-order chi connectivity index (χ0) is 40.8. The Bertz CT molecular complexity index is 832. The highest BCUT2D eigenvalue weighted by Gasteiger charge is 2.20. The lowest BCUT2D eigenvalue weighted by Gasteiger charge is -2.22. The molecule has 6 nitrogen and oxygen atoms in total. The van der Waals surface area contributed by atoms with Crippen LogP contribution in [0, 0.1) is 0 Å². The Morgan fingerprint density at radius 1 is 0.482 bits per heavy atom. The molecule has 0 saturated carbocycles. The Labute approximate surface area is 349 Å². The van der Waals surface area contributed by atoms with E-state index in [1.807, 2.05) is 0 Å². The van der Waals surface area contributed by atoms with Crippen LogP contribution >= 0.6 is 0 Å². The van der Waals surface area contributed by atoms with Crippen LogP contribution in [0.3, 0.4) is 0 Å². The van der Waals surface area contributed by atoms with E-state index >= 15 is 0 Å². The van der Waals surface area contributed by atoms with Crippen molar-refractivity contribution in [3.63, 3.8) is 0 Å². The molecule has 0 spiro atoms. The fourth-order valence-electron chi connectivity index (χ4n) is 7.69. The average molecular weight is 792 g/mol. The number of hydrogen-bond acceptors (Lipinski definition) is 5. The number of allylic oxidation sites excluding steroid dienone is 2. The van der Waals surface area contributed by atoms with E-state index in [0.29, 0.717) is 25.9 Å². The van der Waals surface area contributed by atoms with Gasteiger partial charge in [0.2, 0.25) is 5.91 Å². The van der Waals surface area contributed by atoms with Gasteiger partial charge >= 0.3 is 5.97 Å². The summed E-state index contributed by atoms with van der Waals surface area (Å²) in [5.74, 6) is -0.0812. The third kappa shape index (κ3) is 42.2. The second-order valence-corrected chi connectivity index (χ2v) is 17.1. The molecular weight excluding hydrogens is 695 g/mol. The van der Waals surface area contributed by atoms with E-state index < -0.39 is 12.1 Å². The van der Waals surface area contributed by atoms with Crippen LogP contribution in [0.5, 0.6) is 0 Å². The third-order valence-electron chi connectivity index (χ3n) is 11.6. The van der Waals surface area contributed by atoms with Crippen LogP contribution < -0.4 is 5.32 Å². The monoisotopic (exact) mass is 792 g/mol. The van der Waals surface area contributed by atoms with Gasteiger partial charge in [0, 0.05) is 12.8 Å². The van der Waals surface area contributed by atoms with Gasteiger partial charge in [-0.15, -0.1) is 0 Å². The van der Waals surface area contributed by atoms with Crippen LogP contribution in [-0.4, -0.2) is 47.4 Å². The summed E-state index contributed by atoms with van der Waals surface area (Å²) in [5, 5.41) is 23.1. The Morgan fingerprint density at radius 2 is 0.839 bits per heavy atom. The van der Waals surface area contributed by atoms with Crippen molar-refractivity contribution in [1.29, 1.82) is 0 Å². The Hall–Kier alpha value is -1.40. The summed E-state index contributed by atoms with van der Waals surface area (Å²) in [6, 6.07) is -0.557. The molecule has 0 radical (unpaired) electrons. The van der Waals surface area contributed by atoms with Gasteiger partial charge in [0.1, 0.15) is 0 Å². The first-order chi connectivity index (χ1) is 27.5. The topological polar surface area (TPSA) is 95.9 Å². The number of nitrogens with one attached hydrogen (secondary N) is 1. The predicted molar refractivity (Wildman–Crippen MR) is 241 cm³/mol. The third-order valence-corrected chi connectivity index (χ3v) is 11.6. The van der Waals surface area contributed by atoms with E-state index in [4.69, 9.17) is 4.74 Å². The molecule has 0 aliphatic rings. The number of ether oxygens (including phenoxy) is 1. The second kappa shape index (κ2) is 46.3. The van der Waals surface area contributed by atoms with Crippen molar-refractivity contribution in [1.82, 2.24) is 5.32 Å². The lowest BCUT2D eigenvalue weighted by molar-refractivity contribution is -0.143. The first-order valence-electron chi connectivity index (χ1n) is 24.9. The number of carbonyl (C=O) groups is 2. The van der Waals surface area contributed by atoms with E-state index in [9.17, 15) is 19.8 Å². The SMILES string of the molecule is CCCCCCCCCCCCCCCCCCCC(=O)OCCCCC/C=C\CCCCCCCC(=O)NC(CO)C(O)CCCCCCCCCCCC. The summed E-state index contributed by atoms with van der Waals surface area (Å²) in [6.07, 6.45) is 51.8. The van der Waals surface area contributed by atoms with Crippen molar-refractivity contribution in [2.24, 2.45) is 0 Å². The molecule has 0 aromatic rings. The lowest BCUT2D eigenvalue weighted by Crippen LogP contribution is -2.45. The largest absolute Gasteiger partial charge is 0.466 e. The number of hydrogen-bond donors (Lipinski definition) is 3. The van der Waals surface area contributed by atoms with Crippen molar-refractivity contribution in [2.45, 2.75) is 283 Å². The summed E-state index contributed by atoms with van der Waals surface area (Å²) in [5.41, 5.74) is 0. The molecule has 56 heavy (non-hydrogen) atoms. The summed E-state index contributed by atoms with van der Waals surface area (Å²) >= 11 is 0. The molecule has 6 heteroatoms. The van der Waals surface area contributed by atoms with Gasteiger partial charge in [-0.1, -0.05) is 212 Å². The predicted octanol–water partition coefficient (Wildman–Crippen LogP) is 14.6. The fourth-order valence-corrected chi connectivity index (χ4v) is 7.69. The number of carbonyl (C=O) groups excluding carboxylic acids is 2. The van der Waals surface area contributed by atoms with Crippen molar-refractivity contribution >= 4 is 11.9 Å². The highest BCUT2D eigenvalue weighted by molar-refractivity contribution is 5.76. The summed E-state index contributed by atoms with van der Waals surface area (Å²) in [7, 11) is 0. The zero-order valence-corrected chi connectivity index (χ0v) is 37.6. The quantitative estimate of drug-likeness (QED) is 0.0324. The Kier molecular flexibility index (Phi) is 45.1. The van der Waals surface area contributed by atoms with E-state index in [1.54, 1.807) is 0 Å². The molecule has 3 N–H and O–H groups in total. The van der Waals surface area contributed by atoms with Gasteiger partial charge in [-0.05, 0) is 57.8 Å². The van der Waals surface area contributed by atoms with Crippen LogP contribution in [0.15, 0.2) is 12.2 Å². The van der Waals surface area contributed by atoms with Crippen LogP contribution in [0.25, 0.3) is 0 Å². The number of esters is 1. The molecule has 0 heterocycles.